The maximum absolute atomic E-state index is 11.3. The molecule has 0 unspecified atom stereocenters. The van der Waals surface area contributed by atoms with Crippen LogP contribution in [0, 0.1) is 0 Å². The van der Waals surface area contributed by atoms with Gasteiger partial charge in [-0.25, -0.2) is 4.79 Å². The van der Waals surface area contributed by atoms with Gasteiger partial charge in [0.15, 0.2) is 0 Å². The number of hydrogen-bond acceptors (Lipinski definition) is 5. The Morgan fingerprint density at radius 1 is 1.38 bits per heavy atom. The van der Waals surface area contributed by atoms with E-state index in [-0.39, 0.29) is 18.5 Å². The molecule has 2 rings (SSSR count). The minimum atomic E-state index is -0.675. The number of benzene rings is 1. The van der Waals surface area contributed by atoms with Crippen LogP contribution in [-0.2, 0) is 19.1 Å². The molecule has 0 aliphatic carbocycles. The van der Waals surface area contributed by atoms with Crippen molar-refractivity contribution in [1.82, 2.24) is 0 Å². The molecule has 5 nitrogen and oxygen atoms in total. The molecule has 3 atom stereocenters. The molecule has 1 aromatic rings. The first-order chi connectivity index (χ1) is 12.5. The molecular weight excluding hydrogens is 332 g/mol. The van der Waals surface area contributed by atoms with Gasteiger partial charge >= 0.3 is 11.9 Å². The number of aliphatic hydroxyl groups is 1. The lowest BCUT2D eigenvalue weighted by molar-refractivity contribution is -0.145. The molecule has 1 N–H and O–H groups in total. The van der Waals surface area contributed by atoms with Crippen LogP contribution in [0.4, 0.5) is 0 Å². The van der Waals surface area contributed by atoms with Crippen molar-refractivity contribution in [3.05, 3.63) is 66.3 Å². The second-order valence-electron chi connectivity index (χ2n) is 6.08. The largest absolute Gasteiger partial charge is 0.458 e. The summed E-state index contributed by atoms with van der Waals surface area (Å²) in [6.45, 7) is 1.35. The fraction of sp³-hybridized carbons (Fsp3) is 0.333. The summed E-state index contributed by atoms with van der Waals surface area (Å²) >= 11 is 0. The number of rotatable bonds is 8. The molecule has 1 aliphatic rings. The highest BCUT2D eigenvalue weighted by molar-refractivity contribution is 5.82. The van der Waals surface area contributed by atoms with Gasteiger partial charge in [0.1, 0.15) is 12.2 Å². The Morgan fingerprint density at radius 2 is 2.15 bits per heavy atom. The van der Waals surface area contributed by atoms with Crippen LogP contribution < -0.4 is 0 Å². The van der Waals surface area contributed by atoms with Crippen molar-refractivity contribution in [2.24, 2.45) is 0 Å². The zero-order valence-electron chi connectivity index (χ0n) is 14.8. The Labute approximate surface area is 153 Å². The molecule has 0 saturated carbocycles. The molecule has 5 heteroatoms. The molecular formula is C21H24O5. The van der Waals surface area contributed by atoms with E-state index in [2.05, 4.69) is 0 Å². The van der Waals surface area contributed by atoms with Gasteiger partial charge in [0.25, 0.3) is 0 Å². The molecule has 1 aromatic carbocycles. The van der Waals surface area contributed by atoms with E-state index in [1.54, 1.807) is 24.3 Å². The first-order valence-electron chi connectivity index (χ1n) is 8.65. The monoisotopic (exact) mass is 356 g/mol. The Hall–Kier alpha value is -2.66. The topological polar surface area (TPSA) is 72.8 Å². The number of carbonyl (C=O) groups excluding carboxylic acids is 2. The minimum absolute atomic E-state index is 0.289. The van der Waals surface area contributed by atoms with Crippen molar-refractivity contribution in [3.8, 4) is 0 Å². The Balaban J connectivity index is 1.86. The van der Waals surface area contributed by atoms with E-state index in [0.717, 1.165) is 5.56 Å². The summed E-state index contributed by atoms with van der Waals surface area (Å²) < 4.78 is 10.4. The molecule has 138 valence electrons. The zero-order valence-corrected chi connectivity index (χ0v) is 14.8. The van der Waals surface area contributed by atoms with Gasteiger partial charge in [-0.2, -0.15) is 0 Å². The van der Waals surface area contributed by atoms with Gasteiger partial charge in [0.05, 0.1) is 6.10 Å². The molecule has 1 heterocycles. The van der Waals surface area contributed by atoms with E-state index < -0.39 is 18.2 Å². The lowest BCUT2D eigenvalue weighted by Crippen LogP contribution is -2.21. The summed E-state index contributed by atoms with van der Waals surface area (Å²) in [7, 11) is 0. The summed E-state index contributed by atoms with van der Waals surface area (Å²) in [4.78, 5) is 22.5. The molecule has 0 amide bonds. The number of aliphatic hydroxyl groups excluding tert-OH is 1. The van der Waals surface area contributed by atoms with Crippen LogP contribution in [-0.4, -0.2) is 35.4 Å². The summed E-state index contributed by atoms with van der Waals surface area (Å²) in [6, 6.07) is 9.66. The zero-order chi connectivity index (χ0) is 18.8. The van der Waals surface area contributed by atoms with Crippen LogP contribution in [0.25, 0.3) is 6.08 Å². The van der Waals surface area contributed by atoms with Gasteiger partial charge in [0.2, 0.25) is 0 Å². The lowest BCUT2D eigenvalue weighted by atomic mass is 10.1. The van der Waals surface area contributed by atoms with Gasteiger partial charge < -0.3 is 14.6 Å². The summed E-state index contributed by atoms with van der Waals surface area (Å²) in [5.41, 5.74) is 0.992. The fourth-order valence-electron chi connectivity index (χ4n) is 2.57. The minimum Gasteiger partial charge on any atom is -0.458 e. The SMILES string of the molecule is CC(=O)O[C@@H](/C=C/c1ccccc1)C[C@@H](O)C/C=C/[C@@H]1CC=CC(=O)O1. The van der Waals surface area contributed by atoms with Gasteiger partial charge in [-0.3, -0.25) is 4.79 Å². The number of cyclic esters (lactones) is 1. The van der Waals surface area contributed by atoms with Crippen molar-refractivity contribution >= 4 is 18.0 Å². The van der Waals surface area contributed by atoms with Crippen LogP contribution >= 0.6 is 0 Å². The van der Waals surface area contributed by atoms with Crippen molar-refractivity contribution in [2.75, 3.05) is 0 Å². The van der Waals surface area contributed by atoms with Crippen LogP contribution in [0.2, 0.25) is 0 Å². The molecule has 0 saturated heterocycles. The Bertz CT molecular complexity index is 675. The molecule has 0 spiro atoms. The lowest BCUT2D eigenvalue weighted by Gasteiger charge is -2.17. The molecule has 0 bridgehead atoms. The molecule has 0 fully saturated rings. The third-order valence-corrected chi connectivity index (χ3v) is 3.77. The first kappa shape index (κ1) is 19.7. The highest BCUT2D eigenvalue weighted by Crippen LogP contribution is 2.13. The summed E-state index contributed by atoms with van der Waals surface area (Å²) in [5.74, 6) is -0.747. The second-order valence-corrected chi connectivity index (χ2v) is 6.08. The van der Waals surface area contributed by atoms with Crippen molar-refractivity contribution in [3.63, 3.8) is 0 Å². The second kappa shape index (κ2) is 10.4. The predicted octanol–water partition coefficient (Wildman–Crippen LogP) is 3.20. The molecule has 1 aliphatic heterocycles. The number of esters is 2. The highest BCUT2D eigenvalue weighted by atomic mass is 16.5. The molecule has 26 heavy (non-hydrogen) atoms. The van der Waals surface area contributed by atoms with E-state index in [1.807, 2.05) is 36.4 Å². The van der Waals surface area contributed by atoms with Crippen LogP contribution in [0.1, 0.15) is 31.7 Å². The summed E-state index contributed by atoms with van der Waals surface area (Å²) in [6.07, 6.45) is 10.2. The van der Waals surface area contributed by atoms with E-state index in [1.165, 1.54) is 13.0 Å². The normalized spacial score (nSPS) is 19.5. The van der Waals surface area contributed by atoms with Crippen LogP contribution in [0.15, 0.2) is 60.7 Å². The quantitative estimate of drug-likeness (QED) is 0.572. The predicted molar refractivity (Wildman–Crippen MR) is 99.0 cm³/mol. The number of hydrogen-bond donors (Lipinski definition) is 1. The highest BCUT2D eigenvalue weighted by Gasteiger charge is 2.15. The van der Waals surface area contributed by atoms with Crippen molar-refractivity contribution in [1.29, 1.82) is 0 Å². The van der Waals surface area contributed by atoms with E-state index in [4.69, 9.17) is 9.47 Å². The average Bonchev–Trinajstić information content (AvgIpc) is 2.60. The maximum atomic E-state index is 11.3. The third-order valence-electron chi connectivity index (χ3n) is 3.77. The van der Waals surface area contributed by atoms with Gasteiger partial charge in [-0.1, -0.05) is 48.6 Å². The standard InChI is InChI=1S/C21H24O5/c1-16(22)25-20(14-13-17-7-3-2-4-8-17)15-18(23)9-5-10-19-11-6-12-21(24)26-19/h2-8,10,12-14,18-20,23H,9,11,15H2,1H3/b10-5+,14-13+/t18-,19+,20-/m0/s1. The van der Waals surface area contributed by atoms with Crippen LogP contribution in [0.5, 0.6) is 0 Å². The number of ether oxygens (including phenoxy) is 2. The third kappa shape index (κ3) is 7.49. The smallest absolute Gasteiger partial charge is 0.331 e. The molecule has 0 aromatic heterocycles. The Morgan fingerprint density at radius 3 is 2.85 bits per heavy atom. The summed E-state index contributed by atoms with van der Waals surface area (Å²) in [5, 5.41) is 10.2. The van der Waals surface area contributed by atoms with E-state index >= 15 is 0 Å². The van der Waals surface area contributed by atoms with E-state index in [0.29, 0.717) is 12.8 Å². The molecule has 0 radical (unpaired) electrons. The van der Waals surface area contributed by atoms with Gasteiger partial charge in [-0.05, 0) is 24.1 Å². The first-order valence-corrected chi connectivity index (χ1v) is 8.65. The van der Waals surface area contributed by atoms with Crippen molar-refractivity contribution < 1.29 is 24.2 Å². The van der Waals surface area contributed by atoms with Gasteiger partial charge in [-0.15, -0.1) is 0 Å². The Kier molecular flexibility index (Phi) is 7.83. The van der Waals surface area contributed by atoms with Crippen molar-refractivity contribution in [2.45, 2.75) is 44.5 Å². The van der Waals surface area contributed by atoms with E-state index in [9.17, 15) is 14.7 Å². The maximum Gasteiger partial charge on any atom is 0.331 e. The fourth-order valence-corrected chi connectivity index (χ4v) is 2.57. The average molecular weight is 356 g/mol. The van der Waals surface area contributed by atoms with Crippen LogP contribution in [0.3, 0.4) is 0 Å². The number of carbonyl (C=O) groups is 2. The van der Waals surface area contributed by atoms with Gasteiger partial charge in [0, 0.05) is 25.8 Å².